The lowest BCUT2D eigenvalue weighted by molar-refractivity contribution is -0.401. The fourth-order valence-corrected chi connectivity index (χ4v) is 7.05. The number of hydrogen-bond acceptors (Lipinski definition) is 2. The van der Waals surface area contributed by atoms with Crippen LogP contribution < -0.4 is 10.2 Å². The molecule has 0 atom stereocenters. The fourth-order valence-electron chi connectivity index (χ4n) is 7.05. The second-order valence-electron chi connectivity index (χ2n) is 12.6. The average molecular weight is 541 g/mol. The molecule has 3 aromatic rings. The molecule has 6 rings (SSSR count). The van der Waals surface area contributed by atoms with E-state index in [1.807, 2.05) is 0 Å². The van der Waals surface area contributed by atoms with Gasteiger partial charge in [0.05, 0.1) is 5.41 Å². The van der Waals surface area contributed by atoms with Crippen LogP contribution in [0, 0.1) is 0 Å². The van der Waals surface area contributed by atoms with Crippen molar-refractivity contribution in [3.05, 3.63) is 137 Å². The highest BCUT2D eigenvalue weighted by molar-refractivity contribution is 6.03. The topological polar surface area (TPSA) is 18.3 Å². The summed E-state index contributed by atoms with van der Waals surface area (Å²) in [5.74, 6) is 0. The molecule has 208 valence electrons. The maximum atomic E-state index is 3.82. The van der Waals surface area contributed by atoms with E-state index in [-0.39, 0.29) is 10.8 Å². The second-order valence-corrected chi connectivity index (χ2v) is 12.6. The minimum absolute atomic E-state index is 0.0408. The van der Waals surface area contributed by atoms with Crippen LogP contribution in [0.15, 0.2) is 126 Å². The van der Waals surface area contributed by atoms with Crippen molar-refractivity contribution in [2.24, 2.45) is 0 Å². The Balaban J connectivity index is 1.41. The molecule has 1 aliphatic carbocycles. The Kier molecular flexibility index (Phi) is 6.85. The molecule has 3 nitrogen and oxygen atoms in total. The lowest BCUT2D eigenvalue weighted by Crippen LogP contribution is -2.26. The molecule has 0 amide bonds. The molecule has 3 aromatic carbocycles. The van der Waals surface area contributed by atoms with Crippen LogP contribution in [0.4, 0.5) is 17.1 Å². The molecule has 0 radical (unpaired) electrons. The number of nitrogens with zero attached hydrogens (tertiary/aromatic N) is 2. The lowest BCUT2D eigenvalue weighted by atomic mass is 9.81. The zero-order valence-corrected chi connectivity index (χ0v) is 25.3. The highest BCUT2D eigenvalue weighted by Crippen LogP contribution is 2.47. The van der Waals surface area contributed by atoms with Crippen LogP contribution in [0.3, 0.4) is 0 Å². The molecule has 0 unspecified atom stereocenters. The molecule has 1 N–H and O–H groups in total. The van der Waals surface area contributed by atoms with Crippen molar-refractivity contribution >= 4 is 22.8 Å². The number of anilines is 2. The van der Waals surface area contributed by atoms with Crippen molar-refractivity contribution < 1.29 is 4.58 Å². The molecule has 0 aromatic heterocycles. The standard InChI is InChI=1S/C38H41N3/c1-37(2)30-19-10-12-21-32(30)40(5)34(37)25-23-27-15-14-16-28(36(27)39-29-17-8-7-9-18-29)24-26-35-38(3,4)31-20-11-13-22-33(31)41(35)6/h7-13,17-26H,14-16H2,1-6H3/p+1. The van der Waals surface area contributed by atoms with Crippen LogP contribution in [0.1, 0.15) is 58.1 Å². The molecule has 0 saturated carbocycles. The lowest BCUT2D eigenvalue weighted by Gasteiger charge is -2.25. The van der Waals surface area contributed by atoms with Crippen LogP contribution in [0.5, 0.6) is 0 Å². The molecule has 0 fully saturated rings. The van der Waals surface area contributed by atoms with Crippen LogP contribution in [-0.4, -0.2) is 24.4 Å². The Morgan fingerprint density at radius 1 is 0.756 bits per heavy atom. The third-order valence-electron chi connectivity index (χ3n) is 9.34. The first-order chi connectivity index (χ1) is 19.7. The number of hydrogen-bond donors (Lipinski definition) is 1. The summed E-state index contributed by atoms with van der Waals surface area (Å²) >= 11 is 0. The number of benzene rings is 3. The van der Waals surface area contributed by atoms with Crippen molar-refractivity contribution in [2.45, 2.75) is 57.8 Å². The van der Waals surface area contributed by atoms with Gasteiger partial charge in [-0.1, -0.05) is 80.6 Å². The zero-order chi connectivity index (χ0) is 28.8. The predicted molar refractivity (Wildman–Crippen MR) is 174 cm³/mol. The van der Waals surface area contributed by atoms with Crippen molar-refractivity contribution in [1.29, 1.82) is 0 Å². The third kappa shape index (κ3) is 4.68. The molecule has 3 heteroatoms. The van der Waals surface area contributed by atoms with Gasteiger partial charge in [0.2, 0.25) is 5.69 Å². The summed E-state index contributed by atoms with van der Waals surface area (Å²) in [5.41, 5.74) is 13.0. The summed E-state index contributed by atoms with van der Waals surface area (Å²) in [6.07, 6.45) is 12.7. The number of rotatable bonds is 5. The maximum Gasteiger partial charge on any atom is 0.209 e. The van der Waals surface area contributed by atoms with Gasteiger partial charge in [0.1, 0.15) is 7.05 Å². The van der Waals surface area contributed by atoms with Gasteiger partial charge in [-0.15, -0.1) is 0 Å². The normalized spacial score (nSPS) is 21.3. The monoisotopic (exact) mass is 540 g/mol. The first-order valence-electron chi connectivity index (χ1n) is 14.9. The van der Waals surface area contributed by atoms with Crippen molar-refractivity contribution in [3.8, 4) is 0 Å². The molecule has 41 heavy (non-hydrogen) atoms. The summed E-state index contributed by atoms with van der Waals surface area (Å²) in [6, 6.07) is 28.2. The van der Waals surface area contributed by atoms with Gasteiger partial charge in [-0.25, -0.2) is 0 Å². The molecule has 3 aliphatic rings. The van der Waals surface area contributed by atoms with Crippen LogP contribution >= 0.6 is 0 Å². The number of allylic oxidation sites excluding steroid dienone is 7. The molecular formula is C38H42N3+. The third-order valence-corrected chi connectivity index (χ3v) is 9.34. The van der Waals surface area contributed by atoms with E-state index in [2.05, 4.69) is 160 Å². The summed E-state index contributed by atoms with van der Waals surface area (Å²) < 4.78 is 2.36. The molecule has 2 aliphatic heterocycles. The smallest absolute Gasteiger partial charge is 0.209 e. The van der Waals surface area contributed by atoms with Crippen LogP contribution in [0.25, 0.3) is 0 Å². The first-order valence-corrected chi connectivity index (χ1v) is 14.9. The zero-order valence-electron chi connectivity index (χ0n) is 25.3. The Hall–Kier alpha value is -4.11. The molecule has 0 bridgehead atoms. The minimum atomic E-state index is -0.0408. The van der Waals surface area contributed by atoms with Gasteiger partial charge in [-0.3, -0.25) is 0 Å². The van der Waals surface area contributed by atoms with E-state index < -0.39 is 0 Å². The van der Waals surface area contributed by atoms with Gasteiger partial charge in [-0.05, 0) is 74.1 Å². The molecular weight excluding hydrogens is 498 g/mol. The van der Waals surface area contributed by atoms with Crippen molar-refractivity contribution in [1.82, 2.24) is 0 Å². The van der Waals surface area contributed by atoms with Gasteiger partial charge >= 0.3 is 0 Å². The van der Waals surface area contributed by atoms with Gasteiger partial charge in [-0.2, -0.15) is 4.58 Å². The molecule has 0 spiro atoms. The van der Waals surface area contributed by atoms with E-state index in [9.17, 15) is 0 Å². The van der Waals surface area contributed by atoms with E-state index in [1.165, 1.54) is 50.8 Å². The van der Waals surface area contributed by atoms with Crippen LogP contribution in [0.2, 0.25) is 0 Å². The summed E-state index contributed by atoms with van der Waals surface area (Å²) in [5, 5.41) is 3.82. The summed E-state index contributed by atoms with van der Waals surface area (Å²) in [4.78, 5) is 2.36. The molecule has 2 heterocycles. The quantitative estimate of drug-likeness (QED) is 0.325. The van der Waals surface area contributed by atoms with Crippen molar-refractivity contribution in [2.75, 3.05) is 24.3 Å². The van der Waals surface area contributed by atoms with Gasteiger partial charge < -0.3 is 10.2 Å². The fraction of sp³-hybridized carbons (Fsp3) is 0.289. The van der Waals surface area contributed by atoms with Gasteiger partial charge in [0, 0.05) is 52.9 Å². The van der Waals surface area contributed by atoms with E-state index in [1.54, 1.807) is 0 Å². The average Bonchev–Trinajstić information content (AvgIpc) is 3.29. The van der Waals surface area contributed by atoms with E-state index in [0.717, 1.165) is 24.9 Å². The summed E-state index contributed by atoms with van der Waals surface area (Å²) in [6.45, 7) is 9.34. The Morgan fingerprint density at radius 2 is 1.44 bits per heavy atom. The number of para-hydroxylation sites is 3. The number of likely N-dealkylation sites (N-methyl/N-ethyl adjacent to an activating group) is 1. The van der Waals surface area contributed by atoms with Crippen molar-refractivity contribution in [3.63, 3.8) is 0 Å². The SMILES string of the molecule is CN1C(=CC=C2CCCC(C=CC3=[N+](C)c4ccccc4C3(C)C)=C2Nc2ccccc2)C(C)(C)c2ccccc21. The Labute approximate surface area is 245 Å². The maximum absolute atomic E-state index is 3.82. The number of nitrogens with one attached hydrogen (secondary N) is 1. The highest BCUT2D eigenvalue weighted by Gasteiger charge is 2.42. The van der Waals surface area contributed by atoms with Gasteiger partial charge in [0.15, 0.2) is 5.71 Å². The largest absolute Gasteiger partial charge is 0.355 e. The van der Waals surface area contributed by atoms with E-state index in [4.69, 9.17) is 0 Å². The predicted octanol–water partition coefficient (Wildman–Crippen LogP) is 9.04. The Bertz CT molecular complexity index is 1640. The Morgan fingerprint density at radius 3 is 2.17 bits per heavy atom. The van der Waals surface area contributed by atoms with E-state index >= 15 is 0 Å². The highest BCUT2D eigenvalue weighted by atomic mass is 15.2. The number of fused-ring (bicyclic) bond motifs is 2. The van der Waals surface area contributed by atoms with E-state index in [0.29, 0.717) is 0 Å². The second kappa shape index (κ2) is 10.4. The molecule has 0 saturated heterocycles. The van der Waals surface area contributed by atoms with Gasteiger partial charge in [0.25, 0.3) is 0 Å². The minimum Gasteiger partial charge on any atom is -0.355 e. The first kappa shape index (κ1) is 27.1. The van der Waals surface area contributed by atoms with Crippen LogP contribution in [-0.2, 0) is 10.8 Å². The summed E-state index contributed by atoms with van der Waals surface area (Å²) in [7, 11) is 4.39.